The van der Waals surface area contributed by atoms with Crippen molar-refractivity contribution in [2.24, 2.45) is 5.92 Å². The van der Waals surface area contributed by atoms with Crippen LogP contribution in [0.2, 0.25) is 0 Å². The Labute approximate surface area is 164 Å². The maximum absolute atomic E-state index is 13.0. The summed E-state index contributed by atoms with van der Waals surface area (Å²) in [4.78, 5) is 34.9. The van der Waals surface area contributed by atoms with Crippen molar-refractivity contribution < 1.29 is 9.53 Å². The monoisotopic (exact) mass is 382 g/mol. The number of aromatic nitrogens is 2. The first-order valence-corrected chi connectivity index (χ1v) is 9.97. The summed E-state index contributed by atoms with van der Waals surface area (Å²) in [6.45, 7) is 6.48. The van der Waals surface area contributed by atoms with Gasteiger partial charge in [-0.15, -0.1) is 0 Å². The van der Waals surface area contributed by atoms with Gasteiger partial charge in [-0.2, -0.15) is 4.98 Å². The predicted molar refractivity (Wildman–Crippen MR) is 108 cm³/mol. The van der Waals surface area contributed by atoms with E-state index in [4.69, 9.17) is 4.74 Å². The summed E-state index contributed by atoms with van der Waals surface area (Å²) in [5.41, 5.74) is 1.25. The number of hydrogen-bond acceptors (Lipinski definition) is 5. The highest BCUT2D eigenvalue weighted by Gasteiger charge is 2.31. The fourth-order valence-corrected chi connectivity index (χ4v) is 3.98. The molecule has 1 atom stereocenters. The lowest BCUT2D eigenvalue weighted by molar-refractivity contribution is -0.116. The van der Waals surface area contributed by atoms with Gasteiger partial charge in [0.2, 0.25) is 11.9 Å². The van der Waals surface area contributed by atoms with Gasteiger partial charge in [-0.25, -0.2) is 0 Å². The number of hydrogen-bond donors (Lipinski definition) is 2. The minimum atomic E-state index is -0.314. The number of ether oxygens (including phenoxy) is 1. The summed E-state index contributed by atoms with van der Waals surface area (Å²) in [7, 11) is 0. The first kappa shape index (κ1) is 18.5. The third kappa shape index (κ3) is 3.61. The largest absolute Gasteiger partial charge is 0.494 e. The van der Waals surface area contributed by atoms with Gasteiger partial charge >= 0.3 is 0 Å². The first-order valence-electron chi connectivity index (χ1n) is 9.97. The average molecular weight is 382 g/mol. The number of carbonyl (C=O) groups is 1. The second kappa shape index (κ2) is 7.66. The summed E-state index contributed by atoms with van der Waals surface area (Å²) in [5, 5.41) is 2.80. The van der Waals surface area contributed by atoms with Gasteiger partial charge in [-0.1, -0.05) is 19.1 Å². The normalized spacial score (nSPS) is 19.9. The number of amides is 1. The number of nitrogens with one attached hydrogen (secondary N) is 2. The van der Waals surface area contributed by atoms with Crippen LogP contribution in [0.1, 0.15) is 50.2 Å². The Bertz CT molecular complexity index is 914. The number of nitrogens with zero attached hydrogens (tertiary/aromatic N) is 2. The maximum atomic E-state index is 13.0. The third-order valence-electron chi connectivity index (χ3n) is 5.62. The Morgan fingerprint density at radius 2 is 1.89 bits per heavy atom. The zero-order chi connectivity index (χ0) is 19.7. The quantitative estimate of drug-likeness (QED) is 0.849. The molecule has 3 heterocycles. The fourth-order valence-electron chi connectivity index (χ4n) is 3.98. The Hall–Kier alpha value is -2.83. The molecular formula is C21H26N4O3. The smallest absolute Gasteiger partial charge is 0.258 e. The highest BCUT2D eigenvalue weighted by atomic mass is 16.5. The molecule has 1 aromatic heterocycles. The lowest BCUT2D eigenvalue weighted by Crippen LogP contribution is -2.37. The van der Waals surface area contributed by atoms with E-state index in [0.717, 1.165) is 37.2 Å². The molecule has 2 aliphatic rings. The second-order valence-corrected chi connectivity index (χ2v) is 7.63. The minimum Gasteiger partial charge on any atom is -0.494 e. The van der Waals surface area contributed by atoms with E-state index in [-0.39, 0.29) is 23.8 Å². The summed E-state index contributed by atoms with van der Waals surface area (Å²) < 4.78 is 5.49. The van der Waals surface area contributed by atoms with Gasteiger partial charge in [0.1, 0.15) is 11.6 Å². The van der Waals surface area contributed by atoms with Crippen LogP contribution in [0.3, 0.4) is 0 Å². The zero-order valence-electron chi connectivity index (χ0n) is 16.3. The van der Waals surface area contributed by atoms with Gasteiger partial charge in [0, 0.05) is 25.4 Å². The fraction of sp³-hybridized carbons (Fsp3) is 0.476. The molecule has 1 aromatic carbocycles. The van der Waals surface area contributed by atoms with Crippen molar-refractivity contribution in [2.45, 2.75) is 39.0 Å². The van der Waals surface area contributed by atoms with Crippen molar-refractivity contribution in [1.82, 2.24) is 9.97 Å². The molecule has 0 radical (unpaired) electrons. The molecule has 1 saturated heterocycles. The van der Waals surface area contributed by atoms with Crippen LogP contribution in [0.5, 0.6) is 5.75 Å². The van der Waals surface area contributed by atoms with E-state index in [0.29, 0.717) is 29.9 Å². The molecule has 0 bridgehead atoms. The number of benzene rings is 1. The van der Waals surface area contributed by atoms with Crippen molar-refractivity contribution >= 4 is 17.7 Å². The van der Waals surface area contributed by atoms with E-state index in [1.165, 1.54) is 0 Å². The van der Waals surface area contributed by atoms with E-state index in [2.05, 4.69) is 27.1 Å². The van der Waals surface area contributed by atoms with E-state index in [1.54, 1.807) is 0 Å². The van der Waals surface area contributed by atoms with Crippen LogP contribution in [0.25, 0.3) is 0 Å². The topological polar surface area (TPSA) is 87.3 Å². The third-order valence-corrected chi connectivity index (χ3v) is 5.62. The van der Waals surface area contributed by atoms with Gasteiger partial charge in [0.25, 0.3) is 5.56 Å². The Morgan fingerprint density at radius 1 is 1.18 bits per heavy atom. The number of H-pyrrole nitrogens is 1. The molecule has 1 amide bonds. The number of aromatic amines is 1. The van der Waals surface area contributed by atoms with Crippen LogP contribution in [-0.2, 0) is 4.79 Å². The van der Waals surface area contributed by atoms with Gasteiger partial charge in [-0.3, -0.25) is 14.6 Å². The van der Waals surface area contributed by atoms with Gasteiger partial charge in [0.15, 0.2) is 0 Å². The standard InChI is InChI=1S/C21H26N4O3/c1-3-28-15-6-4-14(5-7-15)16-12-17(26)22-19-18(16)20(27)24-21(23-19)25-10-8-13(2)9-11-25/h4-7,13,16H,3,8-12H2,1-2H3,(H2,22,23,24,26,27)/t16-/m1/s1. The van der Waals surface area contributed by atoms with E-state index in [9.17, 15) is 9.59 Å². The highest BCUT2D eigenvalue weighted by Crippen LogP contribution is 2.35. The number of carbonyl (C=O) groups excluding carboxylic acids is 1. The van der Waals surface area contributed by atoms with Crippen molar-refractivity contribution in [3.8, 4) is 5.75 Å². The van der Waals surface area contributed by atoms with Gasteiger partial charge in [0.05, 0.1) is 12.2 Å². The van der Waals surface area contributed by atoms with Crippen molar-refractivity contribution in [3.05, 3.63) is 45.7 Å². The second-order valence-electron chi connectivity index (χ2n) is 7.63. The van der Waals surface area contributed by atoms with E-state index in [1.807, 2.05) is 31.2 Å². The van der Waals surface area contributed by atoms with Crippen molar-refractivity contribution in [1.29, 1.82) is 0 Å². The number of piperidine rings is 1. The summed E-state index contributed by atoms with van der Waals surface area (Å²) in [6, 6.07) is 7.57. The molecule has 28 heavy (non-hydrogen) atoms. The maximum Gasteiger partial charge on any atom is 0.258 e. The Balaban J connectivity index is 1.68. The Morgan fingerprint density at radius 3 is 2.57 bits per heavy atom. The minimum absolute atomic E-state index is 0.122. The molecule has 2 aliphatic heterocycles. The van der Waals surface area contributed by atoms with Crippen LogP contribution < -0.4 is 20.5 Å². The van der Waals surface area contributed by atoms with Crippen molar-refractivity contribution in [2.75, 3.05) is 29.9 Å². The number of anilines is 2. The number of rotatable bonds is 4. The van der Waals surface area contributed by atoms with E-state index >= 15 is 0 Å². The molecule has 7 nitrogen and oxygen atoms in total. The van der Waals surface area contributed by atoms with Crippen LogP contribution >= 0.6 is 0 Å². The molecule has 0 spiro atoms. The lowest BCUT2D eigenvalue weighted by Gasteiger charge is -2.32. The van der Waals surface area contributed by atoms with Crippen LogP contribution in [0, 0.1) is 5.92 Å². The predicted octanol–water partition coefficient (Wildman–Crippen LogP) is 2.88. The highest BCUT2D eigenvalue weighted by molar-refractivity contribution is 5.94. The van der Waals surface area contributed by atoms with Crippen LogP contribution in [0.15, 0.2) is 29.1 Å². The molecule has 2 N–H and O–H groups in total. The Kier molecular flexibility index (Phi) is 5.07. The molecule has 0 saturated carbocycles. The van der Waals surface area contributed by atoms with E-state index < -0.39 is 0 Å². The molecule has 0 unspecified atom stereocenters. The molecule has 148 valence electrons. The molecular weight excluding hydrogens is 356 g/mol. The van der Waals surface area contributed by atoms with Gasteiger partial charge in [-0.05, 0) is 43.4 Å². The van der Waals surface area contributed by atoms with Crippen LogP contribution in [-0.4, -0.2) is 35.6 Å². The molecule has 7 heteroatoms. The molecule has 4 rings (SSSR count). The lowest BCUT2D eigenvalue weighted by atomic mass is 9.87. The summed E-state index contributed by atoms with van der Waals surface area (Å²) in [6.07, 6.45) is 2.37. The van der Waals surface area contributed by atoms with Crippen LogP contribution in [0.4, 0.5) is 11.8 Å². The zero-order valence-corrected chi connectivity index (χ0v) is 16.3. The first-order chi connectivity index (χ1) is 13.5. The summed E-state index contributed by atoms with van der Waals surface area (Å²) >= 11 is 0. The molecule has 1 fully saturated rings. The molecule has 2 aromatic rings. The average Bonchev–Trinajstić information content (AvgIpc) is 2.68. The number of fused-ring (bicyclic) bond motifs is 1. The molecule has 0 aliphatic carbocycles. The SMILES string of the molecule is CCOc1ccc([C@H]2CC(=O)Nc3nc(N4CCC(C)CC4)[nH]c(=O)c32)cc1. The van der Waals surface area contributed by atoms with Gasteiger partial charge < -0.3 is 15.0 Å². The van der Waals surface area contributed by atoms with Crippen molar-refractivity contribution in [3.63, 3.8) is 0 Å². The summed E-state index contributed by atoms with van der Waals surface area (Å²) in [5.74, 6) is 1.95.